The monoisotopic (exact) mass is 221 g/mol. The van der Waals surface area contributed by atoms with E-state index < -0.39 is 0 Å². The second-order valence-corrected chi connectivity index (χ2v) is 5.53. The van der Waals surface area contributed by atoms with Gasteiger partial charge in [-0.25, -0.2) is 0 Å². The number of hydrogen-bond acceptors (Lipinski definition) is 2. The molecule has 3 nitrogen and oxygen atoms in total. The predicted molar refractivity (Wildman–Crippen MR) is 62.1 cm³/mol. The lowest BCUT2D eigenvalue weighted by Crippen LogP contribution is -2.34. The van der Waals surface area contributed by atoms with Crippen LogP contribution in [0.5, 0.6) is 0 Å². The quantitative estimate of drug-likeness (QED) is 0.792. The molecule has 1 heterocycles. The minimum Gasteiger partial charge on any atom is -0.466 e. The molecule has 16 heavy (non-hydrogen) atoms. The SMILES string of the molecule is CC(=O)N[C@H]1CC(C)(C)Cc2oc(C)cc21. The van der Waals surface area contributed by atoms with E-state index in [1.165, 1.54) is 0 Å². The summed E-state index contributed by atoms with van der Waals surface area (Å²) in [6.45, 7) is 7.94. The van der Waals surface area contributed by atoms with Crippen LogP contribution in [0.25, 0.3) is 0 Å². The second kappa shape index (κ2) is 3.65. The molecule has 0 saturated heterocycles. The van der Waals surface area contributed by atoms with Crippen LogP contribution in [-0.4, -0.2) is 5.91 Å². The highest BCUT2D eigenvalue weighted by atomic mass is 16.3. The minimum absolute atomic E-state index is 0.0208. The third-order valence-corrected chi connectivity index (χ3v) is 3.11. The number of amides is 1. The van der Waals surface area contributed by atoms with Gasteiger partial charge in [-0.1, -0.05) is 13.8 Å². The average molecular weight is 221 g/mol. The molecule has 1 aromatic rings. The lowest BCUT2D eigenvalue weighted by atomic mass is 9.75. The number of aryl methyl sites for hydroxylation is 1. The lowest BCUT2D eigenvalue weighted by molar-refractivity contribution is -0.120. The number of furan rings is 1. The fourth-order valence-electron chi connectivity index (χ4n) is 2.56. The Labute approximate surface area is 96.2 Å². The summed E-state index contributed by atoms with van der Waals surface area (Å²) in [6.07, 6.45) is 1.92. The molecule has 0 spiro atoms. The Bertz CT molecular complexity index is 418. The Morgan fingerprint density at radius 1 is 1.56 bits per heavy atom. The fraction of sp³-hybridized carbons (Fsp3) is 0.615. The lowest BCUT2D eigenvalue weighted by Gasteiger charge is -2.34. The first-order valence-corrected chi connectivity index (χ1v) is 5.74. The fourth-order valence-corrected chi connectivity index (χ4v) is 2.56. The van der Waals surface area contributed by atoms with Crippen LogP contribution in [0, 0.1) is 12.3 Å². The van der Waals surface area contributed by atoms with Gasteiger partial charge in [-0.2, -0.15) is 0 Å². The van der Waals surface area contributed by atoms with Crippen LogP contribution in [0.4, 0.5) is 0 Å². The molecule has 2 rings (SSSR count). The van der Waals surface area contributed by atoms with Gasteiger partial charge in [0, 0.05) is 18.9 Å². The molecule has 0 bridgehead atoms. The van der Waals surface area contributed by atoms with E-state index in [0.717, 1.165) is 29.9 Å². The molecule has 3 heteroatoms. The topological polar surface area (TPSA) is 42.2 Å². The van der Waals surface area contributed by atoms with E-state index in [2.05, 4.69) is 19.2 Å². The first-order valence-electron chi connectivity index (χ1n) is 5.74. The molecule has 0 aliphatic heterocycles. The van der Waals surface area contributed by atoms with Crippen molar-refractivity contribution in [1.82, 2.24) is 5.32 Å². The first kappa shape index (κ1) is 11.2. The second-order valence-electron chi connectivity index (χ2n) is 5.53. The van der Waals surface area contributed by atoms with Crippen molar-refractivity contribution in [1.29, 1.82) is 0 Å². The van der Waals surface area contributed by atoms with Gasteiger partial charge >= 0.3 is 0 Å². The molecule has 1 aromatic heterocycles. The molecule has 0 aromatic carbocycles. The average Bonchev–Trinajstić information content (AvgIpc) is 2.42. The molecular weight excluding hydrogens is 202 g/mol. The van der Waals surface area contributed by atoms with Crippen LogP contribution in [0.3, 0.4) is 0 Å². The van der Waals surface area contributed by atoms with Crippen LogP contribution in [-0.2, 0) is 11.2 Å². The predicted octanol–water partition coefficient (Wildman–Crippen LogP) is 2.74. The summed E-state index contributed by atoms with van der Waals surface area (Å²) < 4.78 is 5.70. The van der Waals surface area contributed by atoms with Crippen LogP contribution in [0.15, 0.2) is 10.5 Å². The Morgan fingerprint density at radius 3 is 2.88 bits per heavy atom. The summed E-state index contributed by atoms with van der Waals surface area (Å²) in [4.78, 5) is 11.2. The highest BCUT2D eigenvalue weighted by Crippen LogP contribution is 2.41. The van der Waals surface area contributed by atoms with Crippen molar-refractivity contribution in [2.75, 3.05) is 0 Å². The summed E-state index contributed by atoms with van der Waals surface area (Å²) in [6, 6.07) is 2.15. The number of carbonyl (C=O) groups is 1. The van der Waals surface area contributed by atoms with E-state index in [1.54, 1.807) is 6.92 Å². The maximum Gasteiger partial charge on any atom is 0.217 e. The standard InChI is InChI=1S/C13H19NO2/c1-8-5-10-11(14-9(2)15)6-13(3,4)7-12(10)16-8/h5,11H,6-7H2,1-4H3,(H,14,15)/t11-/m0/s1. The van der Waals surface area contributed by atoms with Gasteiger partial charge in [0.25, 0.3) is 0 Å². The molecule has 0 saturated carbocycles. The molecule has 0 fully saturated rings. The molecule has 0 radical (unpaired) electrons. The third-order valence-electron chi connectivity index (χ3n) is 3.11. The molecular formula is C13H19NO2. The highest BCUT2D eigenvalue weighted by molar-refractivity contribution is 5.73. The summed E-state index contributed by atoms with van der Waals surface area (Å²) in [5.41, 5.74) is 1.34. The number of rotatable bonds is 1. The normalized spacial score (nSPS) is 22.6. The van der Waals surface area contributed by atoms with Gasteiger partial charge in [0.2, 0.25) is 5.91 Å². The molecule has 88 valence electrons. The summed E-state index contributed by atoms with van der Waals surface area (Å²) >= 11 is 0. The van der Waals surface area contributed by atoms with Gasteiger partial charge in [0.15, 0.2) is 0 Å². The van der Waals surface area contributed by atoms with Crippen molar-refractivity contribution < 1.29 is 9.21 Å². The number of fused-ring (bicyclic) bond motifs is 1. The van der Waals surface area contributed by atoms with Crippen LogP contribution in [0.2, 0.25) is 0 Å². The summed E-state index contributed by atoms with van der Waals surface area (Å²) in [7, 11) is 0. The summed E-state index contributed by atoms with van der Waals surface area (Å²) in [5, 5.41) is 3.01. The Morgan fingerprint density at radius 2 is 2.25 bits per heavy atom. The number of nitrogens with one attached hydrogen (secondary N) is 1. The molecule has 0 unspecified atom stereocenters. The largest absolute Gasteiger partial charge is 0.466 e. The molecule has 1 aliphatic rings. The van der Waals surface area contributed by atoms with Gasteiger partial charge in [-0.3, -0.25) is 4.79 Å². The van der Waals surface area contributed by atoms with Crippen molar-refractivity contribution in [3.05, 3.63) is 23.2 Å². The van der Waals surface area contributed by atoms with Crippen LogP contribution >= 0.6 is 0 Å². The maximum absolute atomic E-state index is 11.2. The van der Waals surface area contributed by atoms with Gasteiger partial charge in [-0.05, 0) is 24.8 Å². The molecule has 1 atom stereocenters. The molecule has 1 amide bonds. The van der Waals surface area contributed by atoms with Gasteiger partial charge in [-0.15, -0.1) is 0 Å². The van der Waals surface area contributed by atoms with Crippen LogP contribution < -0.4 is 5.32 Å². The van der Waals surface area contributed by atoms with Crippen molar-refractivity contribution in [3.63, 3.8) is 0 Å². The van der Waals surface area contributed by atoms with Gasteiger partial charge in [0.05, 0.1) is 6.04 Å². The number of carbonyl (C=O) groups excluding carboxylic acids is 1. The highest BCUT2D eigenvalue weighted by Gasteiger charge is 2.35. The molecule has 1 aliphatic carbocycles. The third kappa shape index (κ3) is 2.13. The minimum atomic E-state index is 0.0208. The van der Waals surface area contributed by atoms with Gasteiger partial charge < -0.3 is 9.73 Å². The Kier molecular flexibility index (Phi) is 2.56. The van der Waals surface area contributed by atoms with Crippen molar-refractivity contribution in [2.24, 2.45) is 5.41 Å². The van der Waals surface area contributed by atoms with E-state index in [-0.39, 0.29) is 17.4 Å². The van der Waals surface area contributed by atoms with E-state index in [9.17, 15) is 4.79 Å². The zero-order valence-electron chi connectivity index (χ0n) is 10.4. The Hall–Kier alpha value is -1.25. The maximum atomic E-state index is 11.2. The zero-order valence-corrected chi connectivity index (χ0v) is 10.4. The Balaban J connectivity index is 2.35. The van der Waals surface area contributed by atoms with Crippen molar-refractivity contribution in [3.8, 4) is 0 Å². The van der Waals surface area contributed by atoms with Crippen molar-refractivity contribution in [2.45, 2.75) is 46.6 Å². The van der Waals surface area contributed by atoms with E-state index in [4.69, 9.17) is 4.42 Å². The number of hydrogen-bond donors (Lipinski definition) is 1. The van der Waals surface area contributed by atoms with Crippen LogP contribution in [0.1, 0.15) is 50.3 Å². The van der Waals surface area contributed by atoms with E-state index in [1.807, 2.05) is 13.0 Å². The van der Waals surface area contributed by atoms with E-state index in [0.29, 0.717) is 0 Å². The van der Waals surface area contributed by atoms with Gasteiger partial charge in [0.1, 0.15) is 11.5 Å². The zero-order chi connectivity index (χ0) is 11.9. The van der Waals surface area contributed by atoms with Crippen molar-refractivity contribution >= 4 is 5.91 Å². The van der Waals surface area contributed by atoms with E-state index >= 15 is 0 Å². The summed E-state index contributed by atoms with van der Waals surface area (Å²) in [5.74, 6) is 1.98. The smallest absolute Gasteiger partial charge is 0.217 e. The first-order chi connectivity index (χ1) is 7.37. The molecule has 1 N–H and O–H groups in total.